The Balaban J connectivity index is 1.57. The molecule has 31 heavy (non-hydrogen) atoms. The smallest absolute Gasteiger partial charge is 0.352 e. The van der Waals surface area contributed by atoms with Crippen molar-refractivity contribution in [2.75, 3.05) is 0 Å². The van der Waals surface area contributed by atoms with E-state index in [0.29, 0.717) is 12.1 Å². The van der Waals surface area contributed by atoms with E-state index in [1.165, 1.54) is 18.2 Å². The van der Waals surface area contributed by atoms with Gasteiger partial charge in [-0.3, -0.25) is 4.79 Å². The molecule has 164 valence electrons. The minimum Gasteiger partial charge on any atom is -0.352 e. The molecule has 2 aromatic rings. The molecule has 0 radical (unpaired) electrons. The molecule has 1 fully saturated rings. The van der Waals surface area contributed by atoms with Crippen molar-refractivity contribution in [3.63, 3.8) is 0 Å². The van der Waals surface area contributed by atoms with E-state index >= 15 is 0 Å². The summed E-state index contributed by atoms with van der Waals surface area (Å²) in [7, 11) is 0. The highest BCUT2D eigenvalue weighted by Crippen LogP contribution is 2.60. The highest BCUT2D eigenvalue weighted by molar-refractivity contribution is 8.03. The second-order valence-corrected chi connectivity index (χ2v) is 10.1. The van der Waals surface area contributed by atoms with Gasteiger partial charge in [0.2, 0.25) is 5.91 Å². The van der Waals surface area contributed by atoms with Gasteiger partial charge in [-0.1, -0.05) is 41.4 Å². The predicted octanol–water partition coefficient (Wildman–Crippen LogP) is 7.26. The van der Waals surface area contributed by atoms with Gasteiger partial charge in [0.25, 0.3) is 0 Å². The molecule has 1 N–H and O–H groups in total. The molecule has 1 saturated carbocycles. The SMILES string of the molecule is Cc1cc(C2=CSC(c3cc(Cl)cc(Cl)c3)(C(F)(F)F)C2)ccc1CNC(=O)C1CC1. The van der Waals surface area contributed by atoms with Crippen LogP contribution in [-0.4, -0.2) is 12.1 Å². The Kier molecular flexibility index (Phi) is 6.10. The Morgan fingerprint density at radius 1 is 1.16 bits per heavy atom. The number of allylic oxidation sites excluding steroid dienone is 1. The van der Waals surface area contributed by atoms with Gasteiger partial charge in [0.05, 0.1) is 0 Å². The van der Waals surface area contributed by atoms with Crippen molar-refractivity contribution in [1.82, 2.24) is 5.32 Å². The monoisotopic (exact) mass is 485 g/mol. The molecule has 1 unspecified atom stereocenters. The highest BCUT2D eigenvalue weighted by atomic mass is 35.5. The first kappa shape index (κ1) is 22.6. The van der Waals surface area contributed by atoms with E-state index in [9.17, 15) is 18.0 Å². The van der Waals surface area contributed by atoms with Gasteiger partial charge in [-0.2, -0.15) is 13.2 Å². The van der Waals surface area contributed by atoms with Gasteiger partial charge < -0.3 is 5.32 Å². The maximum Gasteiger partial charge on any atom is 0.407 e. The van der Waals surface area contributed by atoms with Crippen molar-refractivity contribution in [2.24, 2.45) is 5.92 Å². The zero-order valence-corrected chi connectivity index (χ0v) is 19.0. The Morgan fingerprint density at radius 3 is 2.42 bits per heavy atom. The fourth-order valence-corrected chi connectivity index (χ4v) is 5.46. The number of rotatable bonds is 5. The summed E-state index contributed by atoms with van der Waals surface area (Å²) >= 11 is 12.7. The molecule has 1 aliphatic heterocycles. The molecule has 1 atom stereocenters. The highest BCUT2D eigenvalue weighted by Gasteiger charge is 2.58. The Bertz CT molecular complexity index is 1050. The number of carbonyl (C=O) groups excluding carboxylic acids is 1. The summed E-state index contributed by atoms with van der Waals surface area (Å²) in [5.41, 5.74) is 3.27. The first-order chi connectivity index (χ1) is 14.6. The number of alkyl halides is 3. The zero-order chi connectivity index (χ0) is 22.4. The summed E-state index contributed by atoms with van der Waals surface area (Å²) in [6.45, 7) is 2.32. The van der Waals surface area contributed by atoms with Crippen LogP contribution in [0.15, 0.2) is 41.8 Å². The van der Waals surface area contributed by atoms with E-state index in [2.05, 4.69) is 5.32 Å². The van der Waals surface area contributed by atoms with Crippen LogP contribution in [-0.2, 0) is 16.1 Å². The summed E-state index contributed by atoms with van der Waals surface area (Å²) in [6.07, 6.45) is -2.83. The Hall–Kier alpha value is -1.63. The van der Waals surface area contributed by atoms with Crippen LogP contribution in [0.1, 0.15) is 41.5 Å². The average Bonchev–Trinajstić information content (AvgIpc) is 3.43. The molecule has 2 aliphatic rings. The van der Waals surface area contributed by atoms with E-state index in [-0.39, 0.29) is 33.9 Å². The van der Waals surface area contributed by atoms with Crippen molar-refractivity contribution in [3.05, 3.63) is 74.1 Å². The summed E-state index contributed by atoms with van der Waals surface area (Å²) in [5, 5.41) is 4.85. The lowest BCUT2D eigenvalue weighted by Gasteiger charge is -2.32. The number of nitrogens with one attached hydrogen (secondary N) is 1. The normalized spacial score (nSPS) is 21.2. The molecule has 2 nitrogen and oxygen atoms in total. The molecule has 8 heteroatoms. The first-order valence-corrected chi connectivity index (χ1v) is 11.5. The zero-order valence-electron chi connectivity index (χ0n) is 16.7. The van der Waals surface area contributed by atoms with Crippen molar-refractivity contribution >= 4 is 46.4 Å². The lowest BCUT2D eigenvalue weighted by molar-refractivity contribution is -0.160. The minimum absolute atomic E-state index is 0.0462. The van der Waals surface area contributed by atoms with Gasteiger partial charge in [-0.05, 0) is 71.2 Å². The predicted molar refractivity (Wildman–Crippen MR) is 120 cm³/mol. The van der Waals surface area contributed by atoms with Crippen molar-refractivity contribution in [3.8, 4) is 0 Å². The molecule has 1 heterocycles. The van der Waals surface area contributed by atoms with Crippen molar-refractivity contribution < 1.29 is 18.0 Å². The largest absolute Gasteiger partial charge is 0.407 e. The van der Waals surface area contributed by atoms with Gasteiger partial charge in [0, 0.05) is 28.9 Å². The van der Waals surface area contributed by atoms with Crippen LogP contribution in [0.25, 0.3) is 5.57 Å². The number of benzene rings is 2. The van der Waals surface area contributed by atoms with Crippen LogP contribution in [0.5, 0.6) is 0 Å². The number of hydrogen-bond donors (Lipinski definition) is 1. The first-order valence-electron chi connectivity index (χ1n) is 9.87. The molecule has 4 rings (SSSR count). The summed E-state index contributed by atoms with van der Waals surface area (Å²) in [4.78, 5) is 11.9. The standard InChI is InChI=1S/C23H20Cl2F3NOS/c1-13-6-15(4-5-16(13)11-29-21(30)14-2-3-14)17-10-22(31-12-17,23(26,27)28)18-7-19(24)9-20(25)8-18/h4-9,12,14H,2-3,10-11H2,1H3,(H,29,30). The summed E-state index contributed by atoms with van der Waals surface area (Å²) in [5.74, 6) is 0.198. The van der Waals surface area contributed by atoms with Crippen LogP contribution in [0.2, 0.25) is 10.0 Å². The van der Waals surface area contributed by atoms with Gasteiger partial charge in [0.1, 0.15) is 4.75 Å². The van der Waals surface area contributed by atoms with Gasteiger partial charge in [-0.15, -0.1) is 11.8 Å². The molecule has 0 aromatic heterocycles. The molecule has 0 bridgehead atoms. The molecule has 0 spiro atoms. The van der Waals surface area contributed by atoms with Gasteiger partial charge in [-0.25, -0.2) is 0 Å². The topological polar surface area (TPSA) is 29.1 Å². The second-order valence-electron chi connectivity index (χ2n) is 8.05. The summed E-state index contributed by atoms with van der Waals surface area (Å²) in [6, 6.07) is 9.66. The third-order valence-electron chi connectivity index (χ3n) is 5.74. The van der Waals surface area contributed by atoms with E-state index < -0.39 is 10.9 Å². The van der Waals surface area contributed by atoms with Crippen LogP contribution in [0.3, 0.4) is 0 Å². The number of aryl methyl sites for hydroxylation is 1. The molecule has 1 aliphatic carbocycles. The van der Waals surface area contributed by atoms with Crippen LogP contribution < -0.4 is 5.32 Å². The Morgan fingerprint density at radius 2 is 1.84 bits per heavy atom. The summed E-state index contributed by atoms with van der Waals surface area (Å²) < 4.78 is 40.7. The van der Waals surface area contributed by atoms with Gasteiger partial charge >= 0.3 is 6.18 Å². The fraction of sp³-hybridized carbons (Fsp3) is 0.348. The maximum atomic E-state index is 14.3. The van der Waals surface area contributed by atoms with Crippen molar-refractivity contribution in [1.29, 1.82) is 0 Å². The molecule has 0 saturated heterocycles. The quantitative estimate of drug-likeness (QED) is 0.482. The third kappa shape index (κ3) is 4.62. The number of thioether (sulfide) groups is 1. The number of hydrogen-bond acceptors (Lipinski definition) is 2. The van der Waals surface area contributed by atoms with Crippen molar-refractivity contribution in [2.45, 2.75) is 43.7 Å². The lowest BCUT2D eigenvalue weighted by atomic mass is 9.88. The minimum atomic E-state index is -4.49. The third-order valence-corrected chi connectivity index (χ3v) is 7.60. The second kappa shape index (κ2) is 8.38. The van der Waals surface area contributed by atoms with E-state index in [1.54, 1.807) is 5.41 Å². The van der Waals surface area contributed by atoms with E-state index in [0.717, 1.165) is 41.3 Å². The number of amides is 1. The van der Waals surface area contributed by atoms with Crippen LogP contribution in [0.4, 0.5) is 13.2 Å². The van der Waals surface area contributed by atoms with E-state index in [4.69, 9.17) is 23.2 Å². The average molecular weight is 486 g/mol. The van der Waals surface area contributed by atoms with Crippen LogP contribution in [0, 0.1) is 12.8 Å². The lowest BCUT2D eigenvalue weighted by Crippen LogP contribution is -2.37. The Labute approximate surface area is 193 Å². The fourth-order valence-electron chi connectivity index (χ4n) is 3.75. The molecule has 2 aromatic carbocycles. The number of halogens is 5. The number of carbonyl (C=O) groups is 1. The van der Waals surface area contributed by atoms with Gasteiger partial charge in [0.15, 0.2) is 0 Å². The molecule has 1 amide bonds. The molecular formula is C23H20Cl2F3NOS. The maximum absolute atomic E-state index is 14.3. The molecular weight excluding hydrogens is 466 g/mol. The van der Waals surface area contributed by atoms with E-state index in [1.807, 2.05) is 25.1 Å². The van der Waals surface area contributed by atoms with Crippen LogP contribution >= 0.6 is 35.0 Å².